The van der Waals surface area contributed by atoms with Gasteiger partial charge in [0.25, 0.3) is 0 Å². The van der Waals surface area contributed by atoms with Gasteiger partial charge in [0.05, 0.1) is 7.11 Å². The first-order valence-corrected chi connectivity index (χ1v) is 7.24. The van der Waals surface area contributed by atoms with E-state index in [9.17, 15) is 5.11 Å². The van der Waals surface area contributed by atoms with Gasteiger partial charge >= 0.3 is 0 Å². The maximum atomic E-state index is 9.94. The predicted octanol–water partition coefficient (Wildman–Crippen LogP) is 4.01. The van der Waals surface area contributed by atoms with Gasteiger partial charge in [-0.2, -0.15) is 0 Å². The summed E-state index contributed by atoms with van der Waals surface area (Å²) in [6.07, 6.45) is 0. The summed E-state index contributed by atoms with van der Waals surface area (Å²) >= 11 is 3.46. The highest BCUT2D eigenvalue weighted by molar-refractivity contribution is 9.10. The number of phenols is 1. The molecule has 3 nitrogen and oxygen atoms in total. The number of halogens is 1. The molecule has 1 atom stereocenters. The van der Waals surface area contributed by atoms with E-state index in [1.165, 1.54) is 5.56 Å². The summed E-state index contributed by atoms with van der Waals surface area (Å²) in [5, 5.41) is 13.3. The molecule has 106 valence electrons. The molecule has 0 spiro atoms. The van der Waals surface area contributed by atoms with Gasteiger partial charge in [-0.25, -0.2) is 0 Å². The lowest BCUT2D eigenvalue weighted by atomic mass is 10.1. The van der Waals surface area contributed by atoms with Gasteiger partial charge in [-0.15, -0.1) is 0 Å². The van der Waals surface area contributed by atoms with Crippen LogP contribution in [-0.2, 0) is 6.54 Å². The van der Waals surface area contributed by atoms with Gasteiger partial charge in [-0.05, 0) is 42.8 Å². The predicted molar refractivity (Wildman–Crippen MR) is 84.1 cm³/mol. The minimum Gasteiger partial charge on any atom is -0.508 e. The summed E-state index contributed by atoms with van der Waals surface area (Å²) in [4.78, 5) is 0. The van der Waals surface area contributed by atoms with Crippen molar-refractivity contribution in [1.29, 1.82) is 0 Å². The van der Waals surface area contributed by atoms with E-state index in [-0.39, 0.29) is 11.8 Å². The second-order valence-electron chi connectivity index (χ2n) is 4.66. The summed E-state index contributed by atoms with van der Waals surface area (Å²) in [5.74, 6) is 1.02. The van der Waals surface area contributed by atoms with Crippen molar-refractivity contribution in [2.45, 2.75) is 19.5 Å². The van der Waals surface area contributed by atoms with E-state index in [0.717, 1.165) is 22.3 Å². The summed E-state index contributed by atoms with van der Waals surface area (Å²) in [6.45, 7) is 2.75. The van der Waals surface area contributed by atoms with Gasteiger partial charge in [0, 0.05) is 22.6 Å². The molecule has 0 aromatic heterocycles. The second kappa shape index (κ2) is 6.77. The number of aromatic hydroxyl groups is 1. The largest absolute Gasteiger partial charge is 0.508 e. The topological polar surface area (TPSA) is 41.5 Å². The van der Waals surface area contributed by atoms with Crippen LogP contribution in [0.3, 0.4) is 0 Å². The van der Waals surface area contributed by atoms with E-state index in [1.807, 2.05) is 25.1 Å². The Hall–Kier alpha value is -1.52. The van der Waals surface area contributed by atoms with Crippen LogP contribution in [0.5, 0.6) is 11.5 Å². The van der Waals surface area contributed by atoms with Crippen LogP contribution in [0, 0.1) is 0 Å². The summed E-state index contributed by atoms with van der Waals surface area (Å²) in [7, 11) is 1.62. The van der Waals surface area contributed by atoms with E-state index < -0.39 is 0 Å². The molecule has 2 N–H and O–H groups in total. The molecule has 0 saturated carbocycles. The molecule has 0 bridgehead atoms. The minimum absolute atomic E-state index is 0.0316. The van der Waals surface area contributed by atoms with Gasteiger partial charge in [-0.3, -0.25) is 0 Å². The van der Waals surface area contributed by atoms with E-state index in [1.54, 1.807) is 19.2 Å². The molecule has 0 aliphatic rings. The smallest absolute Gasteiger partial charge is 0.120 e. The SMILES string of the molecule is COc1ccc(O)c(C(C)NCc2cccc(Br)c2)c1. The zero-order valence-electron chi connectivity index (χ0n) is 11.6. The van der Waals surface area contributed by atoms with Crippen molar-refractivity contribution in [3.05, 3.63) is 58.1 Å². The molecular weight excluding hydrogens is 318 g/mol. The monoisotopic (exact) mass is 335 g/mol. The molecular formula is C16H18BrNO2. The number of phenolic OH excluding ortho intramolecular Hbond substituents is 1. The van der Waals surface area contributed by atoms with E-state index in [4.69, 9.17) is 4.74 Å². The summed E-state index contributed by atoms with van der Waals surface area (Å²) in [6, 6.07) is 13.4. The van der Waals surface area contributed by atoms with Crippen LogP contribution in [0.4, 0.5) is 0 Å². The van der Waals surface area contributed by atoms with Crippen LogP contribution < -0.4 is 10.1 Å². The lowest BCUT2D eigenvalue weighted by Gasteiger charge is -2.16. The van der Waals surface area contributed by atoms with Crippen molar-refractivity contribution in [2.75, 3.05) is 7.11 Å². The molecule has 0 fully saturated rings. The Labute approximate surface area is 127 Å². The Morgan fingerprint density at radius 2 is 2.05 bits per heavy atom. The molecule has 0 heterocycles. The van der Waals surface area contributed by atoms with Crippen LogP contribution in [0.25, 0.3) is 0 Å². The van der Waals surface area contributed by atoms with Crippen molar-refractivity contribution < 1.29 is 9.84 Å². The minimum atomic E-state index is 0.0316. The number of rotatable bonds is 5. The van der Waals surface area contributed by atoms with Gasteiger partial charge in [-0.1, -0.05) is 28.1 Å². The number of hydrogen-bond acceptors (Lipinski definition) is 3. The molecule has 0 amide bonds. The highest BCUT2D eigenvalue weighted by Gasteiger charge is 2.11. The quantitative estimate of drug-likeness (QED) is 0.867. The van der Waals surface area contributed by atoms with E-state index in [0.29, 0.717) is 0 Å². The molecule has 2 aromatic rings. The Bertz CT molecular complexity index is 586. The Morgan fingerprint density at radius 1 is 1.25 bits per heavy atom. The highest BCUT2D eigenvalue weighted by Crippen LogP contribution is 2.28. The standard InChI is InChI=1S/C16H18BrNO2/c1-11(15-9-14(20-2)6-7-16(15)19)18-10-12-4-3-5-13(17)8-12/h3-9,11,18-19H,10H2,1-2H3. The van der Waals surface area contributed by atoms with Crippen molar-refractivity contribution in [3.8, 4) is 11.5 Å². The Morgan fingerprint density at radius 3 is 2.75 bits per heavy atom. The Kier molecular flexibility index (Phi) is 5.04. The van der Waals surface area contributed by atoms with Crippen LogP contribution in [0.2, 0.25) is 0 Å². The highest BCUT2D eigenvalue weighted by atomic mass is 79.9. The van der Waals surface area contributed by atoms with Crippen LogP contribution >= 0.6 is 15.9 Å². The number of hydrogen-bond donors (Lipinski definition) is 2. The fourth-order valence-corrected chi connectivity index (χ4v) is 2.48. The maximum Gasteiger partial charge on any atom is 0.120 e. The average molecular weight is 336 g/mol. The molecule has 4 heteroatoms. The molecule has 0 aliphatic heterocycles. The van der Waals surface area contributed by atoms with E-state index in [2.05, 4.69) is 33.4 Å². The van der Waals surface area contributed by atoms with Crippen molar-refractivity contribution >= 4 is 15.9 Å². The van der Waals surface area contributed by atoms with E-state index >= 15 is 0 Å². The Balaban J connectivity index is 2.06. The molecule has 2 rings (SSSR count). The fraction of sp³-hybridized carbons (Fsp3) is 0.250. The normalized spacial score (nSPS) is 12.2. The zero-order valence-corrected chi connectivity index (χ0v) is 13.1. The molecule has 0 radical (unpaired) electrons. The van der Waals surface area contributed by atoms with Gasteiger partial charge in [0.1, 0.15) is 11.5 Å². The average Bonchev–Trinajstić information content (AvgIpc) is 2.45. The first-order chi connectivity index (χ1) is 9.60. The number of nitrogens with one attached hydrogen (secondary N) is 1. The van der Waals surface area contributed by atoms with Crippen molar-refractivity contribution in [1.82, 2.24) is 5.32 Å². The maximum absolute atomic E-state index is 9.94. The molecule has 1 unspecified atom stereocenters. The van der Waals surface area contributed by atoms with Crippen molar-refractivity contribution in [3.63, 3.8) is 0 Å². The molecule has 20 heavy (non-hydrogen) atoms. The van der Waals surface area contributed by atoms with Crippen molar-refractivity contribution in [2.24, 2.45) is 0 Å². The molecule has 0 saturated heterocycles. The molecule has 0 aliphatic carbocycles. The van der Waals surface area contributed by atoms with Crippen LogP contribution in [-0.4, -0.2) is 12.2 Å². The van der Waals surface area contributed by atoms with Crippen LogP contribution in [0.1, 0.15) is 24.1 Å². The lowest BCUT2D eigenvalue weighted by molar-refractivity contribution is 0.407. The van der Waals surface area contributed by atoms with Gasteiger partial charge in [0.15, 0.2) is 0 Å². The number of benzene rings is 2. The first-order valence-electron chi connectivity index (χ1n) is 6.45. The van der Waals surface area contributed by atoms with Gasteiger partial charge in [0.2, 0.25) is 0 Å². The number of ether oxygens (including phenoxy) is 1. The second-order valence-corrected chi connectivity index (χ2v) is 5.57. The molecule has 2 aromatic carbocycles. The lowest BCUT2D eigenvalue weighted by Crippen LogP contribution is -2.18. The third kappa shape index (κ3) is 3.74. The zero-order chi connectivity index (χ0) is 14.5. The fourth-order valence-electron chi connectivity index (χ4n) is 2.03. The summed E-state index contributed by atoms with van der Waals surface area (Å²) < 4.78 is 6.26. The number of methoxy groups -OCH3 is 1. The summed E-state index contributed by atoms with van der Waals surface area (Å²) in [5.41, 5.74) is 2.02. The first kappa shape index (κ1) is 14.9. The third-order valence-electron chi connectivity index (χ3n) is 3.20. The third-order valence-corrected chi connectivity index (χ3v) is 3.70. The van der Waals surface area contributed by atoms with Crippen LogP contribution in [0.15, 0.2) is 46.9 Å². The van der Waals surface area contributed by atoms with Gasteiger partial charge < -0.3 is 15.2 Å².